The highest BCUT2D eigenvalue weighted by Gasteiger charge is 2.17. The Balaban J connectivity index is 2.11. The molecule has 0 atom stereocenters. The Labute approximate surface area is 134 Å². The fourth-order valence-electron chi connectivity index (χ4n) is 2.24. The molecule has 0 bridgehead atoms. The van der Waals surface area contributed by atoms with Gasteiger partial charge in [-0.25, -0.2) is 4.39 Å². The molecule has 1 amide bonds. The molecule has 118 valence electrons. The molecule has 0 aliphatic carbocycles. The van der Waals surface area contributed by atoms with Crippen molar-refractivity contribution < 1.29 is 9.18 Å². The van der Waals surface area contributed by atoms with E-state index in [1.54, 1.807) is 24.4 Å². The minimum absolute atomic E-state index is 0.0622. The summed E-state index contributed by atoms with van der Waals surface area (Å²) in [5.74, 6) is -0.137. The second-order valence-corrected chi connectivity index (χ2v) is 5.52. The first-order valence-electron chi connectivity index (χ1n) is 7.32. The molecule has 0 fully saturated rings. The van der Waals surface area contributed by atoms with Gasteiger partial charge in [0.1, 0.15) is 10.8 Å². The lowest BCUT2D eigenvalue weighted by atomic mass is 10.0. The zero-order valence-electron chi connectivity index (χ0n) is 12.6. The summed E-state index contributed by atoms with van der Waals surface area (Å²) in [6.07, 6.45) is 3.10. The summed E-state index contributed by atoms with van der Waals surface area (Å²) in [6.45, 7) is 4.19. The molecule has 22 heavy (non-hydrogen) atoms. The Morgan fingerprint density at radius 2 is 2.05 bits per heavy atom. The number of halogens is 2. The predicted octanol–water partition coefficient (Wildman–Crippen LogP) is 4.10. The van der Waals surface area contributed by atoms with Crippen molar-refractivity contribution in [1.82, 2.24) is 9.78 Å². The number of nitrogens with zero attached hydrogens (tertiary/aromatic N) is 2. The summed E-state index contributed by atoms with van der Waals surface area (Å²) >= 11 is 6.09. The van der Waals surface area contributed by atoms with Gasteiger partial charge in [0.2, 0.25) is 5.91 Å². The maximum atomic E-state index is 13.6. The van der Waals surface area contributed by atoms with Crippen molar-refractivity contribution in [3.8, 4) is 0 Å². The van der Waals surface area contributed by atoms with Gasteiger partial charge in [-0.05, 0) is 18.9 Å². The van der Waals surface area contributed by atoms with Crippen LogP contribution in [0.1, 0.15) is 32.3 Å². The number of rotatable bonds is 6. The lowest BCUT2D eigenvalue weighted by Gasteiger charge is -2.11. The van der Waals surface area contributed by atoms with Crippen molar-refractivity contribution in [2.75, 3.05) is 5.32 Å². The number of carbonyl (C=O) groups excluding carboxylic acids is 1. The van der Waals surface area contributed by atoms with Crippen molar-refractivity contribution in [3.05, 3.63) is 46.9 Å². The number of hydrogen-bond acceptors (Lipinski definition) is 2. The second-order valence-electron chi connectivity index (χ2n) is 5.12. The Morgan fingerprint density at radius 1 is 1.36 bits per heavy atom. The van der Waals surface area contributed by atoms with E-state index in [-0.39, 0.29) is 24.2 Å². The minimum atomic E-state index is -0.295. The third-order valence-corrected chi connectivity index (χ3v) is 3.88. The molecule has 2 aromatic rings. The molecule has 0 saturated heterocycles. The molecule has 4 nitrogen and oxygen atoms in total. The third kappa shape index (κ3) is 3.85. The van der Waals surface area contributed by atoms with E-state index in [0.29, 0.717) is 16.4 Å². The molecule has 1 aromatic carbocycles. The van der Waals surface area contributed by atoms with Crippen LogP contribution in [0.25, 0.3) is 0 Å². The van der Waals surface area contributed by atoms with Crippen LogP contribution in [0.2, 0.25) is 5.02 Å². The van der Waals surface area contributed by atoms with Crippen LogP contribution in [0, 0.1) is 11.7 Å². The Bertz CT molecular complexity index is 653. The number of carbonyl (C=O) groups is 1. The Hall–Kier alpha value is -1.88. The normalized spacial score (nSPS) is 11.0. The van der Waals surface area contributed by atoms with Crippen LogP contribution in [0.4, 0.5) is 10.2 Å². The maximum absolute atomic E-state index is 13.6. The van der Waals surface area contributed by atoms with E-state index < -0.39 is 0 Å². The van der Waals surface area contributed by atoms with Crippen molar-refractivity contribution in [2.24, 2.45) is 5.92 Å². The topological polar surface area (TPSA) is 46.9 Å². The van der Waals surface area contributed by atoms with E-state index in [1.165, 1.54) is 10.7 Å². The van der Waals surface area contributed by atoms with E-state index >= 15 is 0 Å². The van der Waals surface area contributed by atoms with E-state index in [2.05, 4.69) is 10.4 Å². The molecule has 0 radical (unpaired) electrons. The van der Waals surface area contributed by atoms with Crippen LogP contribution in [-0.2, 0) is 11.3 Å². The highest BCUT2D eigenvalue weighted by atomic mass is 35.5. The monoisotopic (exact) mass is 323 g/mol. The molecule has 0 aliphatic heterocycles. The predicted molar refractivity (Wildman–Crippen MR) is 85.4 cm³/mol. The molecule has 0 saturated carbocycles. The molecule has 6 heteroatoms. The van der Waals surface area contributed by atoms with Gasteiger partial charge in [-0.15, -0.1) is 0 Å². The lowest BCUT2D eigenvalue weighted by Crippen LogP contribution is -2.22. The van der Waals surface area contributed by atoms with E-state index in [0.717, 1.165) is 12.8 Å². The van der Waals surface area contributed by atoms with Gasteiger partial charge in [0, 0.05) is 17.7 Å². The lowest BCUT2D eigenvalue weighted by molar-refractivity contribution is -0.120. The van der Waals surface area contributed by atoms with Crippen molar-refractivity contribution in [2.45, 2.75) is 33.2 Å². The summed E-state index contributed by atoms with van der Waals surface area (Å²) < 4.78 is 15.2. The van der Waals surface area contributed by atoms with Crippen LogP contribution in [0.15, 0.2) is 30.5 Å². The van der Waals surface area contributed by atoms with Gasteiger partial charge in [-0.2, -0.15) is 5.10 Å². The first kappa shape index (κ1) is 16.5. The van der Waals surface area contributed by atoms with Gasteiger partial charge < -0.3 is 5.32 Å². The largest absolute Gasteiger partial charge is 0.308 e. The fraction of sp³-hybridized carbons (Fsp3) is 0.375. The minimum Gasteiger partial charge on any atom is -0.308 e. The molecular weight excluding hydrogens is 305 g/mol. The van der Waals surface area contributed by atoms with Gasteiger partial charge in [0.25, 0.3) is 0 Å². The standard InChI is InChI=1S/C16H19ClFN3O/c1-3-11(4-2)16(22)19-15-13(17)10-21(20-15)9-12-7-5-6-8-14(12)18/h5-8,10-11H,3-4,9H2,1-2H3,(H,19,20,22). The molecule has 1 heterocycles. The molecule has 1 N–H and O–H groups in total. The Kier molecular flexibility index (Phi) is 5.55. The summed E-state index contributed by atoms with van der Waals surface area (Å²) in [4.78, 5) is 12.1. The van der Waals surface area contributed by atoms with Gasteiger partial charge in [-0.1, -0.05) is 43.6 Å². The zero-order chi connectivity index (χ0) is 16.1. The first-order valence-corrected chi connectivity index (χ1v) is 7.70. The SMILES string of the molecule is CCC(CC)C(=O)Nc1nn(Cc2ccccc2F)cc1Cl. The number of nitrogens with one attached hydrogen (secondary N) is 1. The fourth-order valence-corrected chi connectivity index (χ4v) is 2.44. The van der Waals surface area contributed by atoms with Gasteiger partial charge in [0.05, 0.1) is 6.54 Å². The third-order valence-electron chi connectivity index (χ3n) is 3.61. The van der Waals surface area contributed by atoms with Crippen molar-refractivity contribution in [1.29, 1.82) is 0 Å². The van der Waals surface area contributed by atoms with Gasteiger partial charge in [-0.3, -0.25) is 9.48 Å². The Morgan fingerprint density at radius 3 is 2.68 bits per heavy atom. The van der Waals surface area contributed by atoms with Crippen LogP contribution in [0.5, 0.6) is 0 Å². The number of amides is 1. The number of benzene rings is 1. The molecule has 0 spiro atoms. The molecule has 2 rings (SSSR count). The van der Waals surface area contributed by atoms with Crippen molar-refractivity contribution >= 4 is 23.3 Å². The summed E-state index contributed by atoms with van der Waals surface area (Å²) in [6, 6.07) is 6.49. The zero-order valence-corrected chi connectivity index (χ0v) is 13.4. The van der Waals surface area contributed by atoms with Crippen LogP contribution in [0.3, 0.4) is 0 Å². The van der Waals surface area contributed by atoms with E-state index in [4.69, 9.17) is 11.6 Å². The quantitative estimate of drug-likeness (QED) is 0.870. The highest BCUT2D eigenvalue weighted by molar-refractivity contribution is 6.33. The van der Waals surface area contributed by atoms with Crippen LogP contribution < -0.4 is 5.32 Å². The van der Waals surface area contributed by atoms with Crippen LogP contribution in [-0.4, -0.2) is 15.7 Å². The molecule has 0 unspecified atom stereocenters. The summed E-state index contributed by atoms with van der Waals surface area (Å²) in [5.41, 5.74) is 0.513. The summed E-state index contributed by atoms with van der Waals surface area (Å²) in [7, 11) is 0. The average molecular weight is 324 g/mol. The number of anilines is 1. The van der Waals surface area contributed by atoms with Crippen molar-refractivity contribution in [3.63, 3.8) is 0 Å². The van der Waals surface area contributed by atoms with Gasteiger partial charge >= 0.3 is 0 Å². The van der Waals surface area contributed by atoms with E-state index in [1.807, 2.05) is 13.8 Å². The van der Waals surface area contributed by atoms with Gasteiger partial charge in [0.15, 0.2) is 5.82 Å². The average Bonchev–Trinajstić information content (AvgIpc) is 2.82. The van der Waals surface area contributed by atoms with E-state index in [9.17, 15) is 9.18 Å². The van der Waals surface area contributed by atoms with Crippen LogP contribution >= 0.6 is 11.6 Å². The summed E-state index contributed by atoms with van der Waals surface area (Å²) in [5, 5.41) is 7.30. The number of aromatic nitrogens is 2. The highest BCUT2D eigenvalue weighted by Crippen LogP contribution is 2.22. The maximum Gasteiger partial charge on any atom is 0.228 e. The first-order chi connectivity index (χ1) is 10.5. The molecular formula is C16H19ClFN3O. The number of hydrogen-bond donors (Lipinski definition) is 1. The molecule has 0 aliphatic rings. The second kappa shape index (κ2) is 7.40. The molecule has 1 aromatic heterocycles. The smallest absolute Gasteiger partial charge is 0.228 e.